The monoisotopic (exact) mass is 317 g/mol. The molecule has 1 unspecified atom stereocenters. The van der Waals surface area contributed by atoms with Crippen LogP contribution >= 0.6 is 0 Å². The van der Waals surface area contributed by atoms with Crippen molar-refractivity contribution < 1.29 is 13.2 Å². The summed E-state index contributed by atoms with van der Waals surface area (Å²) in [7, 11) is -3.10. The maximum absolute atomic E-state index is 12.6. The van der Waals surface area contributed by atoms with Crippen LogP contribution in [0.25, 0.3) is 0 Å². The first kappa shape index (κ1) is 16.7. The summed E-state index contributed by atoms with van der Waals surface area (Å²) in [6, 6.07) is 0.102. The highest BCUT2D eigenvalue weighted by atomic mass is 32.2. The van der Waals surface area contributed by atoms with Crippen molar-refractivity contribution in [3.8, 4) is 0 Å². The van der Waals surface area contributed by atoms with Gasteiger partial charge in [-0.3, -0.25) is 4.79 Å². The normalized spacial score (nSPS) is 28.7. The van der Waals surface area contributed by atoms with Gasteiger partial charge in [0.25, 0.3) is 0 Å². The van der Waals surface area contributed by atoms with E-state index in [2.05, 4.69) is 17.6 Å². The molecule has 2 N–H and O–H groups in total. The number of piperidine rings is 1. The molecule has 1 amide bonds. The molecular weight excluding hydrogens is 290 g/mol. The van der Waals surface area contributed by atoms with Gasteiger partial charge in [-0.25, -0.2) is 12.7 Å². The third-order valence-corrected chi connectivity index (χ3v) is 6.02. The zero-order valence-electron chi connectivity index (χ0n) is 13.0. The molecule has 2 saturated heterocycles. The first-order chi connectivity index (χ1) is 9.87. The highest BCUT2D eigenvalue weighted by Gasteiger charge is 2.41. The van der Waals surface area contributed by atoms with Crippen molar-refractivity contribution >= 4 is 15.9 Å². The molecule has 0 bridgehead atoms. The maximum Gasteiger partial charge on any atom is 0.227 e. The van der Waals surface area contributed by atoms with E-state index >= 15 is 0 Å². The highest BCUT2D eigenvalue weighted by Crippen LogP contribution is 2.31. The van der Waals surface area contributed by atoms with Crippen molar-refractivity contribution in [1.29, 1.82) is 0 Å². The number of carbonyl (C=O) groups excluding carboxylic acids is 1. The second kappa shape index (κ2) is 6.62. The van der Waals surface area contributed by atoms with E-state index in [1.165, 1.54) is 10.6 Å². The second-order valence-electron chi connectivity index (χ2n) is 6.37. The van der Waals surface area contributed by atoms with Crippen LogP contribution in [0.5, 0.6) is 0 Å². The molecule has 2 heterocycles. The molecule has 0 aromatic heterocycles. The van der Waals surface area contributed by atoms with Crippen LogP contribution in [0, 0.1) is 5.41 Å². The van der Waals surface area contributed by atoms with Crippen molar-refractivity contribution in [2.45, 2.75) is 45.1 Å². The van der Waals surface area contributed by atoms with Crippen LogP contribution in [0.3, 0.4) is 0 Å². The van der Waals surface area contributed by atoms with E-state index in [-0.39, 0.29) is 17.4 Å². The number of hydrogen-bond acceptors (Lipinski definition) is 4. The Balaban J connectivity index is 1.89. The molecule has 0 spiro atoms. The zero-order valence-corrected chi connectivity index (χ0v) is 13.8. The van der Waals surface area contributed by atoms with E-state index < -0.39 is 10.0 Å². The van der Waals surface area contributed by atoms with Gasteiger partial charge in [-0.05, 0) is 32.2 Å². The third-order valence-electron chi connectivity index (χ3n) is 4.71. The largest absolute Gasteiger partial charge is 0.353 e. The maximum atomic E-state index is 12.6. The zero-order chi connectivity index (χ0) is 15.5. The standard InChI is InChI=1S/C14H27N3O3S/c1-3-6-14(7-8-15-11-14)13(18)16-12-4-9-17(10-5-12)21(2,19)20/h12,15H,3-11H2,1-2H3,(H,16,18). The summed E-state index contributed by atoms with van der Waals surface area (Å²) in [5.74, 6) is 0.146. The SMILES string of the molecule is CCCC1(C(=O)NC2CCN(S(C)(=O)=O)CC2)CCNC1. The van der Waals surface area contributed by atoms with Gasteiger partial charge in [0.2, 0.25) is 15.9 Å². The summed E-state index contributed by atoms with van der Waals surface area (Å²) in [5.41, 5.74) is -0.261. The summed E-state index contributed by atoms with van der Waals surface area (Å²) in [4.78, 5) is 12.6. The first-order valence-corrected chi connectivity index (χ1v) is 9.69. The lowest BCUT2D eigenvalue weighted by Gasteiger charge is -2.34. The summed E-state index contributed by atoms with van der Waals surface area (Å²) in [5, 5.41) is 6.45. The average Bonchev–Trinajstić information content (AvgIpc) is 2.89. The van der Waals surface area contributed by atoms with Gasteiger partial charge in [0.15, 0.2) is 0 Å². The number of nitrogens with zero attached hydrogens (tertiary/aromatic N) is 1. The molecular formula is C14H27N3O3S. The number of nitrogens with one attached hydrogen (secondary N) is 2. The molecule has 0 radical (unpaired) electrons. The summed E-state index contributed by atoms with van der Waals surface area (Å²) in [6.07, 6.45) is 5.46. The van der Waals surface area contributed by atoms with Gasteiger partial charge in [0, 0.05) is 25.7 Å². The minimum absolute atomic E-state index is 0.102. The van der Waals surface area contributed by atoms with Crippen molar-refractivity contribution in [3.63, 3.8) is 0 Å². The van der Waals surface area contributed by atoms with Crippen LogP contribution < -0.4 is 10.6 Å². The lowest BCUT2D eigenvalue weighted by Crippen LogP contribution is -2.51. The van der Waals surface area contributed by atoms with Crippen LogP contribution in [0.15, 0.2) is 0 Å². The van der Waals surface area contributed by atoms with E-state index in [0.717, 1.165) is 32.4 Å². The van der Waals surface area contributed by atoms with Crippen LogP contribution in [-0.2, 0) is 14.8 Å². The Labute approximate surface area is 127 Å². The molecule has 6 nitrogen and oxygen atoms in total. The third kappa shape index (κ3) is 3.96. The van der Waals surface area contributed by atoms with Crippen LogP contribution in [0.4, 0.5) is 0 Å². The van der Waals surface area contributed by atoms with E-state index in [1.807, 2.05) is 0 Å². The van der Waals surface area contributed by atoms with E-state index in [9.17, 15) is 13.2 Å². The van der Waals surface area contributed by atoms with Gasteiger partial charge in [-0.15, -0.1) is 0 Å². The molecule has 0 aromatic carbocycles. The predicted octanol–water partition coefficient (Wildman–Crippen LogP) is 0.306. The van der Waals surface area contributed by atoms with Gasteiger partial charge in [-0.1, -0.05) is 13.3 Å². The van der Waals surface area contributed by atoms with Gasteiger partial charge < -0.3 is 10.6 Å². The summed E-state index contributed by atoms with van der Waals surface area (Å²) < 4.78 is 24.5. The molecule has 1 atom stereocenters. The minimum Gasteiger partial charge on any atom is -0.353 e. The van der Waals surface area contributed by atoms with Crippen molar-refractivity contribution in [2.75, 3.05) is 32.4 Å². The summed E-state index contributed by atoms with van der Waals surface area (Å²) in [6.45, 7) is 4.78. The smallest absolute Gasteiger partial charge is 0.227 e. The molecule has 7 heteroatoms. The van der Waals surface area contributed by atoms with Crippen LogP contribution in [0.2, 0.25) is 0 Å². The van der Waals surface area contributed by atoms with Crippen molar-refractivity contribution in [3.05, 3.63) is 0 Å². The van der Waals surface area contributed by atoms with Crippen molar-refractivity contribution in [2.24, 2.45) is 5.41 Å². The number of sulfonamides is 1. The average molecular weight is 317 g/mol. The Hall–Kier alpha value is -0.660. The van der Waals surface area contributed by atoms with Gasteiger partial charge in [-0.2, -0.15) is 0 Å². The number of hydrogen-bond donors (Lipinski definition) is 2. The highest BCUT2D eigenvalue weighted by molar-refractivity contribution is 7.88. The molecule has 21 heavy (non-hydrogen) atoms. The number of amides is 1. The molecule has 0 saturated carbocycles. The Morgan fingerprint density at radius 3 is 2.52 bits per heavy atom. The lowest BCUT2D eigenvalue weighted by molar-refractivity contribution is -0.131. The minimum atomic E-state index is -3.10. The van der Waals surface area contributed by atoms with E-state index in [0.29, 0.717) is 25.9 Å². The molecule has 122 valence electrons. The predicted molar refractivity (Wildman–Crippen MR) is 82.4 cm³/mol. The van der Waals surface area contributed by atoms with Crippen molar-refractivity contribution in [1.82, 2.24) is 14.9 Å². The quantitative estimate of drug-likeness (QED) is 0.765. The molecule has 2 aliphatic rings. The fourth-order valence-corrected chi connectivity index (χ4v) is 4.29. The number of rotatable bonds is 5. The van der Waals surface area contributed by atoms with E-state index in [1.54, 1.807) is 0 Å². The topological polar surface area (TPSA) is 78.5 Å². The number of carbonyl (C=O) groups is 1. The first-order valence-electron chi connectivity index (χ1n) is 7.84. The Morgan fingerprint density at radius 2 is 2.05 bits per heavy atom. The molecule has 2 rings (SSSR count). The molecule has 2 aliphatic heterocycles. The summed E-state index contributed by atoms with van der Waals surface area (Å²) >= 11 is 0. The fourth-order valence-electron chi connectivity index (χ4n) is 3.41. The molecule has 0 aromatic rings. The van der Waals surface area contributed by atoms with Gasteiger partial charge in [0.05, 0.1) is 11.7 Å². The van der Waals surface area contributed by atoms with E-state index in [4.69, 9.17) is 0 Å². The Morgan fingerprint density at radius 1 is 1.38 bits per heavy atom. The second-order valence-corrected chi connectivity index (χ2v) is 8.35. The molecule has 0 aliphatic carbocycles. The fraction of sp³-hybridized carbons (Fsp3) is 0.929. The Bertz CT molecular complexity index is 464. The van der Waals surface area contributed by atoms with Crippen LogP contribution in [0.1, 0.15) is 39.0 Å². The van der Waals surface area contributed by atoms with Gasteiger partial charge >= 0.3 is 0 Å². The van der Waals surface area contributed by atoms with Crippen LogP contribution in [-0.4, -0.2) is 57.1 Å². The van der Waals surface area contributed by atoms with Gasteiger partial charge in [0.1, 0.15) is 0 Å². The lowest BCUT2D eigenvalue weighted by atomic mass is 9.81. The Kier molecular flexibility index (Phi) is 5.27. The molecule has 2 fully saturated rings.